The van der Waals surface area contributed by atoms with Crippen LogP contribution in [0.5, 0.6) is 0 Å². The number of sulfonamides is 1. The van der Waals surface area contributed by atoms with E-state index in [1.54, 1.807) is 0 Å². The molecule has 188 valence electrons. The van der Waals surface area contributed by atoms with E-state index >= 15 is 0 Å². The average Bonchev–Trinajstić information content (AvgIpc) is 3.16. The molecule has 0 saturated heterocycles. The van der Waals surface area contributed by atoms with Crippen LogP contribution in [-0.2, 0) is 16.2 Å². The Balaban J connectivity index is 2.18. The molecule has 0 bridgehead atoms. The number of aromatic nitrogens is 2. The summed E-state index contributed by atoms with van der Waals surface area (Å²) in [5, 5.41) is 5.47. The third kappa shape index (κ3) is 5.39. The van der Waals surface area contributed by atoms with Gasteiger partial charge in [-0.05, 0) is 48.4 Å². The lowest BCUT2D eigenvalue weighted by Crippen LogP contribution is -2.34. The number of hydrogen-bond acceptors (Lipinski definition) is 6. The molecule has 0 saturated carbocycles. The van der Waals surface area contributed by atoms with Crippen molar-refractivity contribution in [3.05, 3.63) is 79.9 Å². The molecule has 2 atom stereocenters. The second-order valence-corrected chi connectivity index (χ2v) is 9.59. The minimum atomic E-state index is -4.82. The highest BCUT2D eigenvalue weighted by Crippen LogP contribution is 2.40. The number of benzene rings is 2. The smallest absolute Gasteiger partial charge is 0.391 e. The molecule has 1 amide bonds. The fourth-order valence-electron chi connectivity index (χ4n) is 3.63. The normalized spacial score (nSPS) is 14.0. The molecule has 0 aliphatic rings. The van der Waals surface area contributed by atoms with E-state index in [-0.39, 0.29) is 5.02 Å². The van der Waals surface area contributed by atoms with E-state index in [0.29, 0.717) is 12.1 Å². The number of carbonyl (C=O) groups excluding carboxylic acids is 1. The minimum absolute atomic E-state index is 0.00243. The van der Waals surface area contributed by atoms with Gasteiger partial charge in [0.05, 0.1) is 16.0 Å². The highest BCUT2D eigenvalue weighted by atomic mass is 35.5. The molecule has 1 aromatic heterocycles. The van der Waals surface area contributed by atoms with Crippen LogP contribution in [0.4, 0.5) is 17.6 Å². The molecule has 9 nitrogen and oxygen atoms in total. The lowest BCUT2D eigenvalue weighted by molar-refractivity contribution is -0.138. The van der Waals surface area contributed by atoms with Gasteiger partial charge < -0.3 is 10.2 Å². The second kappa shape index (κ2) is 9.43. The fraction of sp³-hybridized carbons (Fsp3) is 0.250. The number of nitrogens with zero attached hydrogens (tertiary/aromatic N) is 1. The second-order valence-electron chi connectivity index (χ2n) is 7.48. The standard InChI is InChI=1S/C20H17ClF4N4O5S/c1-8-12(20(23,24)25)4-5-13(22)15(8)9(2)16(18-27-28-19(31)34-18)29-35(32,33)14-6-3-10(21)7-11(14)17(26)30/h3-7,9,16,29H,1-2H3,(H2,26,30)(H,28,31)/t9-,16+/m1/s1. The highest BCUT2D eigenvalue weighted by Gasteiger charge is 2.38. The number of halogens is 5. The monoisotopic (exact) mass is 536 g/mol. The van der Waals surface area contributed by atoms with Crippen LogP contribution in [0.25, 0.3) is 0 Å². The Labute approximate surface area is 200 Å². The number of nitrogens with one attached hydrogen (secondary N) is 2. The zero-order valence-electron chi connectivity index (χ0n) is 17.9. The van der Waals surface area contributed by atoms with Crippen LogP contribution in [0.3, 0.4) is 0 Å². The number of rotatable bonds is 7. The van der Waals surface area contributed by atoms with Crippen molar-refractivity contribution >= 4 is 27.5 Å². The summed E-state index contributed by atoms with van der Waals surface area (Å²) in [6, 6.07) is 2.60. The first-order valence-electron chi connectivity index (χ1n) is 9.66. The largest absolute Gasteiger partial charge is 0.434 e. The summed E-state index contributed by atoms with van der Waals surface area (Å²) < 4.78 is 88.4. The number of H-pyrrole nitrogens is 1. The Kier molecular flexibility index (Phi) is 7.11. The number of amides is 1. The molecule has 0 fully saturated rings. The lowest BCUT2D eigenvalue weighted by atomic mass is 9.87. The third-order valence-electron chi connectivity index (χ3n) is 5.22. The zero-order chi connectivity index (χ0) is 26.3. The summed E-state index contributed by atoms with van der Waals surface area (Å²) in [6.07, 6.45) is -4.82. The van der Waals surface area contributed by atoms with E-state index < -0.39 is 78.7 Å². The molecule has 35 heavy (non-hydrogen) atoms. The first kappa shape index (κ1) is 26.4. The van der Waals surface area contributed by atoms with Crippen LogP contribution < -0.4 is 16.2 Å². The van der Waals surface area contributed by atoms with Crippen LogP contribution in [0.2, 0.25) is 5.02 Å². The van der Waals surface area contributed by atoms with Gasteiger partial charge in [0.1, 0.15) is 11.9 Å². The topological polar surface area (TPSA) is 148 Å². The predicted octanol–water partition coefficient (Wildman–Crippen LogP) is 3.40. The van der Waals surface area contributed by atoms with Gasteiger partial charge in [0.15, 0.2) is 0 Å². The van der Waals surface area contributed by atoms with E-state index in [0.717, 1.165) is 25.1 Å². The molecule has 0 radical (unpaired) electrons. The van der Waals surface area contributed by atoms with E-state index in [2.05, 4.69) is 9.82 Å². The number of carbonyl (C=O) groups is 1. The van der Waals surface area contributed by atoms with Crippen molar-refractivity contribution in [2.45, 2.75) is 36.9 Å². The molecule has 15 heteroatoms. The maximum absolute atomic E-state index is 14.8. The van der Waals surface area contributed by atoms with Gasteiger partial charge in [0.2, 0.25) is 21.8 Å². The molecular formula is C20H17ClF4N4O5S. The molecule has 4 N–H and O–H groups in total. The van der Waals surface area contributed by atoms with Gasteiger partial charge >= 0.3 is 11.9 Å². The molecule has 0 aliphatic carbocycles. The zero-order valence-corrected chi connectivity index (χ0v) is 19.5. The molecule has 1 heterocycles. The molecule has 0 unspecified atom stereocenters. The lowest BCUT2D eigenvalue weighted by Gasteiger charge is -2.26. The summed E-state index contributed by atoms with van der Waals surface area (Å²) in [4.78, 5) is 22.7. The summed E-state index contributed by atoms with van der Waals surface area (Å²) in [5.41, 5.74) is 2.63. The Morgan fingerprint density at radius 3 is 2.46 bits per heavy atom. The number of primary amides is 1. The Bertz CT molecular complexity index is 1450. The van der Waals surface area contributed by atoms with E-state index in [4.69, 9.17) is 21.8 Å². The highest BCUT2D eigenvalue weighted by molar-refractivity contribution is 7.89. The van der Waals surface area contributed by atoms with Gasteiger partial charge in [0.25, 0.3) is 0 Å². The van der Waals surface area contributed by atoms with E-state index in [1.165, 1.54) is 6.92 Å². The Hall–Kier alpha value is -3.23. The van der Waals surface area contributed by atoms with Crippen molar-refractivity contribution in [3.63, 3.8) is 0 Å². The Morgan fingerprint density at radius 2 is 1.91 bits per heavy atom. The molecule has 3 rings (SSSR count). The van der Waals surface area contributed by atoms with Crippen molar-refractivity contribution in [1.29, 1.82) is 0 Å². The van der Waals surface area contributed by atoms with Crippen molar-refractivity contribution in [1.82, 2.24) is 14.9 Å². The van der Waals surface area contributed by atoms with E-state index in [9.17, 15) is 35.6 Å². The van der Waals surface area contributed by atoms with Crippen LogP contribution in [0.1, 0.15) is 51.8 Å². The van der Waals surface area contributed by atoms with Crippen LogP contribution in [-0.4, -0.2) is 24.5 Å². The van der Waals surface area contributed by atoms with Gasteiger partial charge in [0, 0.05) is 10.9 Å². The van der Waals surface area contributed by atoms with Gasteiger partial charge in [-0.25, -0.2) is 22.7 Å². The van der Waals surface area contributed by atoms with Crippen molar-refractivity contribution in [2.75, 3.05) is 0 Å². The summed E-state index contributed by atoms with van der Waals surface area (Å²) in [6.45, 7) is 2.23. The van der Waals surface area contributed by atoms with Crippen molar-refractivity contribution < 1.29 is 35.2 Å². The molecule has 3 aromatic rings. The summed E-state index contributed by atoms with van der Waals surface area (Å²) in [5.74, 6) is -5.26. The van der Waals surface area contributed by atoms with Gasteiger partial charge in [-0.1, -0.05) is 18.5 Å². The van der Waals surface area contributed by atoms with Crippen molar-refractivity contribution in [3.8, 4) is 0 Å². The molecule has 0 spiro atoms. The quantitative estimate of drug-likeness (QED) is 0.394. The first-order valence-corrected chi connectivity index (χ1v) is 11.5. The molecule has 2 aromatic carbocycles. The van der Waals surface area contributed by atoms with Crippen molar-refractivity contribution in [2.24, 2.45) is 5.73 Å². The van der Waals surface area contributed by atoms with Gasteiger partial charge in [-0.2, -0.15) is 17.9 Å². The SMILES string of the molecule is Cc1c(C(F)(F)F)ccc(F)c1[C@@H](C)[C@H](NS(=O)(=O)c1ccc(Cl)cc1C(N)=O)c1n[nH]c(=O)o1. The minimum Gasteiger partial charge on any atom is -0.391 e. The summed E-state index contributed by atoms with van der Waals surface area (Å²) in [7, 11) is -4.68. The van der Waals surface area contributed by atoms with Gasteiger partial charge in [-0.3, -0.25) is 4.79 Å². The maximum Gasteiger partial charge on any atom is 0.434 e. The first-order chi connectivity index (χ1) is 16.1. The van der Waals surface area contributed by atoms with Gasteiger partial charge in [-0.15, -0.1) is 5.10 Å². The fourth-order valence-corrected chi connectivity index (χ4v) is 5.26. The Morgan fingerprint density at radius 1 is 1.26 bits per heavy atom. The third-order valence-corrected chi connectivity index (χ3v) is 6.96. The van der Waals surface area contributed by atoms with Crippen LogP contribution in [0, 0.1) is 12.7 Å². The predicted molar refractivity (Wildman–Crippen MR) is 115 cm³/mol. The number of alkyl halides is 3. The van der Waals surface area contributed by atoms with E-state index in [1.807, 2.05) is 5.10 Å². The molecule has 0 aliphatic heterocycles. The summed E-state index contributed by atoms with van der Waals surface area (Å²) >= 11 is 5.81. The van der Waals surface area contributed by atoms with Crippen LogP contribution >= 0.6 is 11.6 Å². The number of aromatic amines is 1. The number of hydrogen-bond donors (Lipinski definition) is 3. The molecular weight excluding hydrogens is 520 g/mol. The average molecular weight is 537 g/mol. The van der Waals surface area contributed by atoms with Crippen LogP contribution in [0.15, 0.2) is 44.4 Å². The maximum atomic E-state index is 14.8. The number of nitrogens with two attached hydrogens (primary N) is 1.